The fourth-order valence-corrected chi connectivity index (χ4v) is 2.69. The molecule has 28 heavy (non-hydrogen) atoms. The van der Waals surface area contributed by atoms with Gasteiger partial charge in [-0.1, -0.05) is 49.7 Å². The first-order valence-corrected chi connectivity index (χ1v) is 8.93. The molecule has 0 radical (unpaired) electrons. The summed E-state index contributed by atoms with van der Waals surface area (Å²) in [4.78, 5) is 36.1. The average molecular weight is 407 g/mol. The van der Waals surface area contributed by atoms with Gasteiger partial charge in [0.05, 0.1) is 11.5 Å². The molecule has 0 aromatic heterocycles. The van der Waals surface area contributed by atoms with Crippen molar-refractivity contribution in [2.75, 3.05) is 6.61 Å². The second kappa shape index (κ2) is 9.85. The molecular formula is C20H20ClFN2O4. The largest absolute Gasteiger partial charge is 0.455 e. The molecule has 2 amide bonds. The number of ether oxygens (including phenoxy) is 1. The zero-order chi connectivity index (χ0) is 20.7. The molecule has 6 nitrogen and oxygen atoms in total. The lowest BCUT2D eigenvalue weighted by atomic mass is 9.88. The van der Waals surface area contributed by atoms with Crippen LogP contribution in [0.15, 0.2) is 48.5 Å². The Morgan fingerprint density at radius 3 is 2.29 bits per heavy atom. The van der Waals surface area contributed by atoms with Crippen molar-refractivity contribution in [3.8, 4) is 0 Å². The number of carbonyl (C=O) groups is 3. The van der Waals surface area contributed by atoms with Gasteiger partial charge in [-0.25, -0.2) is 4.39 Å². The molecule has 0 aliphatic rings. The molecule has 2 aromatic rings. The summed E-state index contributed by atoms with van der Waals surface area (Å²) in [5.74, 6) is -3.51. The SMILES string of the molecule is CC(C)[C@@H](C(=O)OCC(=O)NNC(=O)c1ccccc1F)c1ccc(Cl)cc1. The third-order valence-electron chi connectivity index (χ3n) is 3.93. The van der Waals surface area contributed by atoms with Crippen LogP contribution in [0.2, 0.25) is 5.02 Å². The normalized spacial score (nSPS) is 11.6. The maximum atomic E-state index is 13.5. The molecule has 0 unspecified atom stereocenters. The quantitative estimate of drug-likeness (QED) is 0.569. The lowest BCUT2D eigenvalue weighted by Crippen LogP contribution is -2.44. The number of nitrogens with one attached hydrogen (secondary N) is 2. The van der Waals surface area contributed by atoms with E-state index in [1.54, 1.807) is 24.3 Å². The Kier molecular flexibility index (Phi) is 7.52. The number of halogens is 2. The molecule has 0 spiro atoms. The number of benzene rings is 2. The molecule has 0 bridgehead atoms. The fourth-order valence-electron chi connectivity index (χ4n) is 2.56. The zero-order valence-electron chi connectivity index (χ0n) is 15.4. The summed E-state index contributed by atoms with van der Waals surface area (Å²) in [5, 5.41) is 0.546. The van der Waals surface area contributed by atoms with Crippen molar-refractivity contribution in [2.45, 2.75) is 19.8 Å². The predicted molar refractivity (Wildman–Crippen MR) is 102 cm³/mol. The van der Waals surface area contributed by atoms with Gasteiger partial charge in [0.1, 0.15) is 5.82 Å². The van der Waals surface area contributed by atoms with E-state index >= 15 is 0 Å². The van der Waals surface area contributed by atoms with E-state index in [1.807, 2.05) is 13.8 Å². The van der Waals surface area contributed by atoms with E-state index in [0.29, 0.717) is 5.02 Å². The van der Waals surface area contributed by atoms with Crippen molar-refractivity contribution >= 4 is 29.4 Å². The maximum absolute atomic E-state index is 13.5. The van der Waals surface area contributed by atoms with Crippen LogP contribution in [-0.4, -0.2) is 24.4 Å². The number of hydrogen-bond donors (Lipinski definition) is 2. The van der Waals surface area contributed by atoms with Gasteiger partial charge >= 0.3 is 5.97 Å². The van der Waals surface area contributed by atoms with Gasteiger partial charge in [-0.15, -0.1) is 0 Å². The monoisotopic (exact) mass is 406 g/mol. The van der Waals surface area contributed by atoms with Gasteiger partial charge in [0.15, 0.2) is 6.61 Å². The molecule has 0 heterocycles. The molecule has 0 aliphatic carbocycles. The molecule has 8 heteroatoms. The molecule has 2 aromatic carbocycles. The minimum atomic E-state index is -0.820. The van der Waals surface area contributed by atoms with Crippen molar-refractivity contribution < 1.29 is 23.5 Å². The van der Waals surface area contributed by atoms with Crippen LogP contribution in [0.5, 0.6) is 0 Å². The minimum absolute atomic E-state index is 0.0718. The van der Waals surface area contributed by atoms with Crippen molar-refractivity contribution in [1.82, 2.24) is 10.9 Å². The third kappa shape index (κ3) is 5.79. The van der Waals surface area contributed by atoms with Crippen LogP contribution in [-0.2, 0) is 14.3 Å². The standard InChI is InChI=1S/C20H20ClFN2O4/c1-12(2)18(13-7-9-14(21)10-8-13)20(27)28-11-17(25)23-24-19(26)15-5-3-4-6-16(15)22/h3-10,12,18H,11H2,1-2H3,(H,23,25)(H,24,26)/t18-/m1/s1. The van der Waals surface area contributed by atoms with Gasteiger partial charge in [-0.3, -0.25) is 25.2 Å². The molecule has 2 N–H and O–H groups in total. The second-order valence-electron chi connectivity index (χ2n) is 6.36. The number of carbonyl (C=O) groups excluding carboxylic acids is 3. The van der Waals surface area contributed by atoms with E-state index < -0.39 is 36.1 Å². The van der Waals surface area contributed by atoms with Crippen LogP contribution in [0.4, 0.5) is 4.39 Å². The first-order chi connectivity index (χ1) is 13.3. The van der Waals surface area contributed by atoms with E-state index in [9.17, 15) is 18.8 Å². The fraction of sp³-hybridized carbons (Fsp3) is 0.250. The topological polar surface area (TPSA) is 84.5 Å². The number of hydrazine groups is 1. The highest BCUT2D eigenvalue weighted by atomic mass is 35.5. The van der Waals surface area contributed by atoms with Gasteiger partial charge in [-0.2, -0.15) is 0 Å². The minimum Gasteiger partial charge on any atom is -0.455 e. The van der Waals surface area contributed by atoms with Crippen LogP contribution in [0.1, 0.15) is 35.7 Å². The van der Waals surface area contributed by atoms with E-state index in [0.717, 1.165) is 11.6 Å². The van der Waals surface area contributed by atoms with Crippen LogP contribution in [0.3, 0.4) is 0 Å². The Bertz CT molecular complexity index is 856. The molecule has 0 saturated carbocycles. The number of hydrogen-bond acceptors (Lipinski definition) is 4. The molecule has 0 saturated heterocycles. The predicted octanol–water partition coefficient (Wildman–Crippen LogP) is 3.22. The van der Waals surface area contributed by atoms with Gasteiger partial charge < -0.3 is 4.74 Å². The van der Waals surface area contributed by atoms with Gasteiger partial charge in [0.25, 0.3) is 11.8 Å². The highest BCUT2D eigenvalue weighted by molar-refractivity contribution is 6.30. The van der Waals surface area contributed by atoms with Crippen molar-refractivity contribution in [1.29, 1.82) is 0 Å². The molecule has 0 aliphatic heterocycles. The Balaban J connectivity index is 1.88. The molecule has 1 atom stereocenters. The smallest absolute Gasteiger partial charge is 0.314 e. The number of esters is 1. The second-order valence-corrected chi connectivity index (χ2v) is 6.80. The van der Waals surface area contributed by atoms with Gasteiger partial charge in [0.2, 0.25) is 0 Å². The van der Waals surface area contributed by atoms with Gasteiger partial charge in [-0.05, 0) is 35.7 Å². The van der Waals surface area contributed by atoms with Gasteiger partial charge in [0, 0.05) is 5.02 Å². The summed E-state index contributed by atoms with van der Waals surface area (Å²) in [7, 11) is 0. The van der Waals surface area contributed by atoms with E-state index in [4.69, 9.17) is 16.3 Å². The average Bonchev–Trinajstić information content (AvgIpc) is 2.66. The first kappa shape index (κ1) is 21.4. The Morgan fingerprint density at radius 2 is 1.68 bits per heavy atom. The summed E-state index contributed by atoms with van der Waals surface area (Å²) < 4.78 is 18.6. The van der Waals surface area contributed by atoms with Crippen LogP contribution in [0.25, 0.3) is 0 Å². The zero-order valence-corrected chi connectivity index (χ0v) is 16.1. The summed E-state index contributed by atoms with van der Waals surface area (Å²) in [6.45, 7) is 3.12. The highest BCUT2D eigenvalue weighted by Gasteiger charge is 2.26. The van der Waals surface area contributed by atoms with E-state index in [2.05, 4.69) is 10.9 Å². The van der Waals surface area contributed by atoms with Crippen LogP contribution in [0, 0.1) is 11.7 Å². The molecule has 0 fully saturated rings. The Labute approximate surface area is 167 Å². The van der Waals surface area contributed by atoms with Crippen LogP contribution >= 0.6 is 11.6 Å². The van der Waals surface area contributed by atoms with E-state index in [1.165, 1.54) is 18.2 Å². The molecule has 2 rings (SSSR count). The number of amides is 2. The maximum Gasteiger partial charge on any atom is 0.314 e. The van der Waals surface area contributed by atoms with Crippen molar-refractivity contribution in [3.05, 3.63) is 70.5 Å². The Morgan fingerprint density at radius 1 is 1.04 bits per heavy atom. The third-order valence-corrected chi connectivity index (χ3v) is 4.18. The summed E-state index contributed by atoms with van der Waals surface area (Å²) in [5.41, 5.74) is 4.65. The number of rotatable bonds is 6. The Hall–Kier alpha value is -2.93. The molecule has 148 valence electrons. The highest BCUT2D eigenvalue weighted by Crippen LogP contribution is 2.27. The molecular weight excluding hydrogens is 387 g/mol. The summed E-state index contributed by atoms with van der Waals surface area (Å²) in [6, 6.07) is 12.1. The lowest BCUT2D eigenvalue weighted by Gasteiger charge is -2.20. The summed E-state index contributed by atoms with van der Waals surface area (Å²) >= 11 is 5.87. The first-order valence-electron chi connectivity index (χ1n) is 8.55. The van der Waals surface area contributed by atoms with E-state index in [-0.39, 0.29) is 11.5 Å². The summed E-state index contributed by atoms with van der Waals surface area (Å²) in [6.07, 6.45) is 0. The lowest BCUT2D eigenvalue weighted by molar-refractivity contribution is -0.151. The van der Waals surface area contributed by atoms with Crippen molar-refractivity contribution in [2.24, 2.45) is 5.92 Å². The van der Waals surface area contributed by atoms with Crippen molar-refractivity contribution in [3.63, 3.8) is 0 Å². The van der Waals surface area contributed by atoms with Crippen LogP contribution < -0.4 is 10.9 Å².